The number of amides is 1. The van der Waals surface area contributed by atoms with Gasteiger partial charge in [0, 0.05) is 31.1 Å². The normalized spacial score (nSPS) is 19.7. The van der Waals surface area contributed by atoms with Gasteiger partial charge in [-0.2, -0.15) is 4.31 Å². The highest BCUT2D eigenvalue weighted by Gasteiger charge is 2.40. The fourth-order valence-electron chi connectivity index (χ4n) is 3.46. The Morgan fingerprint density at radius 1 is 1.19 bits per heavy atom. The number of nitrogens with zero attached hydrogens (tertiary/aromatic N) is 2. The lowest BCUT2D eigenvalue weighted by molar-refractivity contribution is -0.139. The molecule has 8 nitrogen and oxygen atoms in total. The third-order valence-corrected chi connectivity index (χ3v) is 6.71. The molecule has 1 aliphatic carbocycles. The van der Waals surface area contributed by atoms with Gasteiger partial charge in [-0.25, -0.2) is 13.2 Å². The third kappa shape index (κ3) is 3.64. The van der Waals surface area contributed by atoms with Crippen LogP contribution in [0.1, 0.15) is 50.1 Å². The van der Waals surface area contributed by atoms with E-state index in [1.807, 2.05) is 18.7 Å². The molecule has 0 spiro atoms. The first-order valence-corrected chi connectivity index (χ1v) is 10.3. The molecule has 2 heterocycles. The summed E-state index contributed by atoms with van der Waals surface area (Å²) in [5.74, 6) is -1.78. The van der Waals surface area contributed by atoms with E-state index in [2.05, 4.69) is 0 Å². The highest BCUT2D eigenvalue weighted by atomic mass is 32.2. The van der Waals surface area contributed by atoms with Crippen molar-refractivity contribution in [3.05, 3.63) is 17.9 Å². The zero-order valence-corrected chi connectivity index (χ0v) is 15.7. The summed E-state index contributed by atoms with van der Waals surface area (Å²) in [7, 11) is -3.89. The van der Waals surface area contributed by atoms with Crippen molar-refractivity contribution in [1.29, 1.82) is 0 Å². The smallest absolute Gasteiger partial charge is 0.371 e. The van der Waals surface area contributed by atoms with Gasteiger partial charge in [-0.3, -0.25) is 4.79 Å². The van der Waals surface area contributed by atoms with Crippen LogP contribution in [0.25, 0.3) is 0 Å². The lowest BCUT2D eigenvalue weighted by atomic mass is 9.96. The second-order valence-corrected chi connectivity index (χ2v) is 9.04. The summed E-state index contributed by atoms with van der Waals surface area (Å²) >= 11 is 0. The number of sulfonamides is 1. The number of furan rings is 1. The molecule has 1 N–H and O–H groups in total. The Kier molecular flexibility index (Phi) is 5.12. The van der Waals surface area contributed by atoms with E-state index in [-0.39, 0.29) is 36.0 Å². The van der Waals surface area contributed by atoms with Gasteiger partial charge in [-0.1, -0.05) is 0 Å². The van der Waals surface area contributed by atoms with Gasteiger partial charge in [0.1, 0.15) is 0 Å². The number of hydrogen-bond donors (Lipinski definition) is 1. The minimum Gasteiger partial charge on any atom is -0.475 e. The number of hydrogen-bond acceptors (Lipinski definition) is 5. The van der Waals surface area contributed by atoms with Crippen molar-refractivity contribution in [2.75, 3.05) is 13.1 Å². The maximum atomic E-state index is 12.8. The number of aromatic carboxylic acids is 1. The first kappa shape index (κ1) is 18.9. The summed E-state index contributed by atoms with van der Waals surface area (Å²) in [4.78, 5) is 25.6. The molecule has 0 atom stereocenters. The molecule has 0 bridgehead atoms. The monoisotopic (exact) mass is 384 g/mol. The molecule has 2 fully saturated rings. The molecule has 0 radical (unpaired) electrons. The number of piperidine rings is 1. The Labute approximate surface area is 152 Å². The van der Waals surface area contributed by atoms with Crippen LogP contribution in [-0.4, -0.2) is 59.8 Å². The molecule has 144 valence electrons. The quantitative estimate of drug-likeness (QED) is 0.801. The average Bonchev–Trinajstić information content (AvgIpc) is 3.27. The number of carbonyl (C=O) groups excluding carboxylic acids is 1. The van der Waals surface area contributed by atoms with Gasteiger partial charge in [0.25, 0.3) is 10.0 Å². The summed E-state index contributed by atoms with van der Waals surface area (Å²) in [6.45, 7) is 4.45. The van der Waals surface area contributed by atoms with Crippen LogP contribution in [0.2, 0.25) is 0 Å². The van der Waals surface area contributed by atoms with Crippen LogP contribution in [0.5, 0.6) is 0 Å². The first-order chi connectivity index (χ1) is 12.2. The van der Waals surface area contributed by atoms with Gasteiger partial charge in [-0.15, -0.1) is 0 Å². The standard InChI is InChI=1S/C17H24N2O6S/c1-11(2)19(13-3-4-13)16(20)12-7-9-18(10-8-12)26(23,24)15-6-5-14(25-15)17(21)22/h5-6,11-13H,3-4,7-10H2,1-2H3,(H,21,22). The highest BCUT2D eigenvalue weighted by Crippen LogP contribution is 2.33. The lowest BCUT2D eigenvalue weighted by Gasteiger charge is -2.35. The summed E-state index contributed by atoms with van der Waals surface area (Å²) in [5, 5.41) is 8.50. The Bertz CT molecular complexity index is 786. The Balaban J connectivity index is 1.65. The molecule has 1 amide bonds. The number of carboxylic acid groups (broad SMARTS) is 1. The first-order valence-electron chi connectivity index (χ1n) is 8.87. The van der Waals surface area contributed by atoms with Gasteiger partial charge in [0.15, 0.2) is 0 Å². The van der Waals surface area contributed by atoms with Crippen LogP contribution < -0.4 is 0 Å². The van der Waals surface area contributed by atoms with Gasteiger partial charge in [0.2, 0.25) is 16.8 Å². The van der Waals surface area contributed by atoms with E-state index in [4.69, 9.17) is 9.52 Å². The van der Waals surface area contributed by atoms with E-state index < -0.39 is 21.8 Å². The fourth-order valence-corrected chi connectivity index (χ4v) is 4.84. The fraction of sp³-hybridized carbons (Fsp3) is 0.647. The number of carboxylic acids is 1. The van der Waals surface area contributed by atoms with Crippen molar-refractivity contribution in [3.8, 4) is 0 Å². The second kappa shape index (κ2) is 7.03. The van der Waals surface area contributed by atoms with E-state index in [0.29, 0.717) is 18.9 Å². The molecule has 2 aliphatic rings. The molecule has 1 saturated carbocycles. The van der Waals surface area contributed by atoms with E-state index in [1.54, 1.807) is 0 Å². The van der Waals surface area contributed by atoms with Crippen LogP contribution in [0, 0.1) is 5.92 Å². The van der Waals surface area contributed by atoms with Crippen molar-refractivity contribution in [2.45, 2.75) is 56.7 Å². The molecule has 0 unspecified atom stereocenters. The molecular weight excluding hydrogens is 360 g/mol. The number of rotatable bonds is 6. The van der Waals surface area contributed by atoms with Crippen molar-refractivity contribution in [3.63, 3.8) is 0 Å². The summed E-state index contributed by atoms with van der Waals surface area (Å²) in [6, 6.07) is 2.77. The van der Waals surface area contributed by atoms with Gasteiger partial charge in [0.05, 0.1) is 0 Å². The predicted octanol–water partition coefficient (Wildman–Crippen LogP) is 1.78. The predicted molar refractivity (Wildman–Crippen MR) is 92.2 cm³/mol. The van der Waals surface area contributed by atoms with E-state index in [9.17, 15) is 18.0 Å². The van der Waals surface area contributed by atoms with Crippen molar-refractivity contribution in [1.82, 2.24) is 9.21 Å². The molecular formula is C17H24N2O6S. The van der Waals surface area contributed by atoms with E-state index in [0.717, 1.165) is 25.0 Å². The zero-order chi connectivity index (χ0) is 19.1. The molecule has 1 saturated heterocycles. The molecule has 1 aromatic heterocycles. The van der Waals surface area contributed by atoms with Gasteiger partial charge < -0.3 is 14.4 Å². The van der Waals surface area contributed by atoms with Crippen LogP contribution in [0.15, 0.2) is 21.6 Å². The minimum absolute atomic E-state index is 0.116. The zero-order valence-electron chi connectivity index (χ0n) is 14.9. The van der Waals surface area contributed by atoms with Crippen LogP contribution in [0.4, 0.5) is 0 Å². The summed E-state index contributed by atoms with van der Waals surface area (Å²) in [5.41, 5.74) is 0. The lowest BCUT2D eigenvalue weighted by Crippen LogP contribution is -2.47. The molecule has 1 aliphatic heterocycles. The van der Waals surface area contributed by atoms with Gasteiger partial charge >= 0.3 is 5.97 Å². The summed E-state index contributed by atoms with van der Waals surface area (Å²) < 4.78 is 31.4. The van der Waals surface area contributed by atoms with E-state index in [1.165, 1.54) is 4.31 Å². The molecule has 3 rings (SSSR count). The maximum Gasteiger partial charge on any atom is 0.371 e. The van der Waals surface area contributed by atoms with Crippen molar-refractivity contribution < 1.29 is 27.5 Å². The SMILES string of the molecule is CC(C)N(C(=O)C1CCN(S(=O)(=O)c2ccc(C(=O)O)o2)CC1)C1CC1. The molecule has 0 aromatic carbocycles. The third-order valence-electron chi connectivity index (χ3n) is 4.94. The Morgan fingerprint density at radius 2 is 1.81 bits per heavy atom. The minimum atomic E-state index is -3.89. The Morgan fingerprint density at radius 3 is 2.27 bits per heavy atom. The van der Waals surface area contributed by atoms with Crippen LogP contribution in [-0.2, 0) is 14.8 Å². The second-order valence-electron chi connectivity index (χ2n) is 7.17. The Hall–Kier alpha value is -1.87. The summed E-state index contributed by atoms with van der Waals surface area (Å²) in [6.07, 6.45) is 3.00. The van der Waals surface area contributed by atoms with Gasteiger partial charge in [-0.05, 0) is 51.7 Å². The van der Waals surface area contributed by atoms with Crippen LogP contribution in [0.3, 0.4) is 0 Å². The number of carbonyl (C=O) groups is 2. The van der Waals surface area contributed by atoms with Crippen molar-refractivity contribution in [2.24, 2.45) is 5.92 Å². The van der Waals surface area contributed by atoms with E-state index >= 15 is 0 Å². The average molecular weight is 384 g/mol. The molecule has 9 heteroatoms. The topological polar surface area (TPSA) is 108 Å². The van der Waals surface area contributed by atoms with Crippen LogP contribution >= 0.6 is 0 Å². The molecule has 26 heavy (non-hydrogen) atoms. The highest BCUT2D eigenvalue weighted by molar-refractivity contribution is 7.89. The maximum absolute atomic E-state index is 12.8. The largest absolute Gasteiger partial charge is 0.475 e. The molecule has 1 aromatic rings. The van der Waals surface area contributed by atoms with Crippen molar-refractivity contribution >= 4 is 21.9 Å².